The van der Waals surface area contributed by atoms with Crippen molar-refractivity contribution in [2.45, 2.75) is 59.6 Å². The molecule has 1 atom stereocenters. The highest BCUT2D eigenvalue weighted by molar-refractivity contribution is 7.92. The zero-order valence-corrected chi connectivity index (χ0v) is 20.1. The molecule has 0 bridgehead atoms. The van der Waals surface area contributed by atoms with E-state index in [2.05, 4.69) is 5.32 Å². The van der Waals surface area contributed by atoms with E-state index >= 15 is 0 Å². The third kappa shape index (κ3) is 7.58. The van der Waals surface area contributed by atoms with Crippen LogP contribution in [0.2, 0.25) is 0 Å². The molecular weight excluding hydrogens is 412 g/mol. The van der Waals surface area contributed by atoms with Gasteiger partial charge in [0.15, 0.2) is 0 Å². The molecule has 0 heterocycles. The number of nitrogens with zero attached hydrogens (tertiary/aromatic N) is 1. The highest BCUT2D eigenvalue weighted by atomic mass is 32.2. The predicted molar refractivity (Wildman–Crippen MR) is 126 cm³/mol. The Hall–Kier alpha value is -2.54. The summed E-state index contributed by atoms with van der Waals surface area (Å²) in [5.74, 6) is 0.526. The average molecular weight is 447 g/mol. The van der Waals surface area contributed by atoms with Crippen molar-refractivity contribution in [3.63, 3.8) is 0 Å². The second-order valence-electron chi connectivity index (χ2n) is 8.29. The van der Waals surface area contributed by atoms with E-state index in [-0.39, 0.29) is 12.0 Å². The lowest BCUT2D eigenvalue weighted by molar-refractivity contribution is -0.121. The quantitative estimate of drug-likeness (QED) is 0.560. The fourth-order valence-electron chi connectivity index (χ4n) is 3.55. The normalized spacial score (nSPS) is 12.5. The van der Waals surface area contributed by atoms with E-state index in [1.807, 2.05) is 58.0 Å². The minimum absolute atomic E-state index is 0.137. The first-order valence-corrected chi connectivity index (χ1v) is 12.4. The first-order chi connectivity index (χ1) is 14.5. The number of rotatable bonds is 10. The van der Waals surface area contributed by atoms with Crippen LogP contribution in [0.5, 0.6) is 5.75 Å². The molecule has 0 aromatic heterocycles. The van der Waals surface area contributed by atoms with Crippen molar-refractivity contribution in [1.29, 1.82) is 0 Å². The van der Waals surface area contributed by atoms with E-state index in [1.54, 1.807) is 19.1 Å². The maximum absolute atomic E-state index is 12.7. The van der Waals surface area contributed by atoms with Gasteiger partial charge in [0.05, 0.1) is 18.0 Å². The van der Waals surface area contributed by atoms with E-state index in [4.69, 9.17) is 4.74 Å². The fourth-order valence-corrected chi connectivity index (χ4v) is 4.70. The third-order valence-corrected chi connectivity index (χ3v) is 6.03. The number of hydrogen-bond donors (Lipinski definition) is 1. The van der Waals surface area contributed by atoms with Crippen molar-refractivity contribution in [2.24, 2.45) is 0 Å². The highest BCUT2D eigenvalue weighted by Crippen LogP contribution is 2.24. The van der Waals surface area contributed by atoms with Crippen molar-refractivity contribution >= 4 is 21.6 Å². The highest BCUT2D eigenvalue weighted by Gasteiger charge is 2.29. The Morgan fingerprint density at radius 1 is 1.03 bits per heavy atom. The van der Waals surface area contributed by atoms with Crippen LogP contribution < -0.4 is 14.4 Å². The number of nitrogens with one attached hydrogen (secondary N) is 1. The molecule has 0 fully saturated rings. The van der Waals surface area contributed by atoms with Crippen LogP contribution in [0, 0.1) is 13.8 Å². The molecule has 2 aromatic rings. The van der Waals surface area contributed by atoms with Gasteiger partial charge in [-0.2, -0.15) is 0 Å². The van der Waals surface area contributed by atoms with Gasteiger partial charge in [0, 0.05) is 6.54 Å². The smallest absolute Gasteiger partial charge is 0.243 e. The molecule has 0 aliphatic heterocycles. The van der Waals surface area contributed by atoms with Crippen LogP contribution in [-0.2, 0) is 21.2 Å². The van der Waals surface area contributed by atoms with Crippen LogP contribution in [-0.4, -0.2) is 39.3 Å². The van der Waals surface area contributed by atoms with Crippen LogP contribution in [0.25, 0.3) is 0 Å². The number of aryl methyl sites for hydroxylation is 3. The average Bonchev–Trinajstić information content (AvgIpc) is 2.64. The maximum Gasteiger partial charge on any atom is 0.243 e. The Morgan fingerprint density at radius 3 is 2.13 bits per heavy atom. The molecular formula is C24H34N2O4S. The summed E-state index contributed by atoms with van der Waals surface area (Å²) in [5.41, 5.74) is 3.56. The van der Waals surface area contributed by atoms with Gasteiger partial charge in [0.1, 0.15) is 11.8 Å². The van der Waals surface area contributed by atoms with Crippen molar-refractivity contribution in [2.75, 3.05) is 17.1 Å². The molecule has 0 saturated carbocycles. The van der Waals surface area contributed by atoms with Crippen LogP contribution >= 0.6 is 0 Å². The van der Waals surface area contributed by atoms with Gasteiger partial charge in [-0.3, -0.25) is 9.10 Å². The number of benzene rings is 2. The fraction of sp³-hybridized carbons (Fsp3) is 0.458. The molecule has 0 aliphatic rings. The summed E-state index contributed by atoms with van der Waals surface area (Å²) in [6, 6.07) is 12.6. The van der Waals surface area contributed by atoms with Crippen molar-refractivity contribution in [1.82, 2.24) is 5.32 Å². The molecule has 0 radical (unpaired) electrons. The first kappa shape index (κ1) is 24.7. The molecule has 2 rings (SSSR count). The van der Waals surface area contributed by atoms with Crippen molar-refractivity contribution in [3.05, 3.63) is 59.2 Å². The summed E-state index contributed by atoms with van der Waals surface area (Å²) >= 11 is 0. The minimum atomic E-state index is -3.62. The van der Waals surface area contributed by atoms with E-state index < -0.39 is 16.1 Å². The van der Waals surface area contributed by atoms with Crippen LogP contribution in [0.3, 0.4) is 0 Å². The van der Waals surface area contributed by atoms with Gasteiger partial charge >= 0.3 is 0 Å². The number of hydrogen-bond acceptors (Lipinski definition) is 4. The van der Waals surface area contributed by atoms with Crippen LogP contribution in [0.1, 0.15) is 43.9 Å². The second kappa shape index (κ2) is 10.7. The monoisotopic (exact) mass is 446 g/mol. The van der Waals surface area contributed by atoms with Crippen LogP contribution in [0.15, 0.2) is 42.5 Å². The maximum atomic E-state index is 12.7. The number of amides is 1. The topological polar surface area (TPSA) is 75.7 Å². The van der Waals surface area contributed by atoms with E-state index in [0.717, 1.165) is 41.5 Å². The second-order valence-corrected chi connectivity index (χ2v) is 10.1. The van der Waals surface area contributed by atoms with E-state index in [9.17, 15) is 13.2 Å². The SMILES string of the molecule is Cc1cc(C)cc(N(C(C)C(=O)NCCCc2ccc(OC(C)C)cc2)S(C)(=O)=O)c1. The van der Waals surface area contributed by atoms with Gasteiger partial charge in [0.25, 0.3) is 0 Å². The summed E-state index contributed by atoms with van der Waals surface area (Å²) in [7, 11) is -3.62. The Labute approximate surface area is 186 Å². The van der Waals surface area contributed by atoms with Gasteiger partial charge < -0.3 is 10.1 Å². The predicted octanol–water partition coefficient (Wildman–Crippen LogP) is 3.99. The van der Waals surface area contributed by atoms with Gasteiger partial charge in [-0.15, -0.1) is 0 Å². The van der Waals surface area contributed by atoms with Gasteiger partial charge in [-0.05, 0) is 88.4 Å². The van der Waals surface area contributed by atoms with Gasteiger partial charge in [-0.1, -0.05) is 18.2 Å². The number of ether oxygens (including phenoxy) is 1. The number of carbonyl (C=O) groups is 1. The molecule has 1 N–H and O–H groups in total. The zero-order valence-electron chi connectivity index (χ0n) is 19.3. The third-order valence-electron chi connectivity index (χ3n) is 4.79. The van der Waals surface area contributed by atoms with Crippen molar-refractivity contribution in [3.8, 4) is 5.75 Å². The lowest BCUT2D eigenvalue weighted by Crippen LogP contribution is -2.48. The lowest BCUT2D eigenvalue weighted by Gasteiger charge is -2.28. The number of sulfonamides is 1. The molecule has 1 amide bonds. The van der Waals surface area contributed by atoms with Crippen molar-refractivity contribution < 1.29 is 17.9 Å². The summed E-state index contributed by atoms with van der Waals surface area (Å²) in [4.78, 5) is 12.7. The molecule has 170 valence electrons. The molecule has 31 heavy (non-hydrogen) atoms. The summed E-state index contributed by atoms with van der Waals surface area (Å²) in [6.45, 7) is 9.87. The standard InChI is InChI=1S/C24H34N2O4S/c1-17(2)30-23-11-9-21(10-12-23)8-7-13-25-24(27)20(5)26(31(6,28)29)22-15-18(3)14-19(4)16-22/h9-12,14-17,20H,7-8,13H2,1-6H3,(H,25,27). The molecule has 0 saturated heterocycles. The molecule has 6 nitrogen and oxygen atoms in total. The van der Waals surface area contributed by atoms with Gasteiger partial charge in [0.2, 0.25) is 15.9 Å². The lowest BCUT2D eigenvalue weighted by atomic mass is 10.1. The summed E-state index contributed by atoms with van der Waals surface area (Å²) in [6.07, 6.45) is 2.83. The largest absolute Gasteiger partial charge is 0.491 e. The molecule has 2 aromatic carbocycles. The molecule has 0 spiro atoms. The Morgan fingerprint density at radius 2 is 1.61 bits per heavy atom. The summed E-state index contributed by atoms with van der Waals surface area (Å²) in [5, 5.41) is 2.87. The van der Waals surface area contributed by atoms with Gasteiger partial charge in [-0.25, -0.2) is 8.42 Å². The van der Waals surface area contributed by atoms with E-state index in [1.165, 1.54) is 4.31 Å². The van der Waals surface area contributed by atoms with Crippen LogP contribution in [0.4, 0.5) is 5.69 Å². The first-order valence-electron chi connectivity index (χ1n) is 10.6. The molecule has 7 heteroatoms. The molecule has 0 aliphatic carbocycles. The zero-order chi connectivity index (χ0) is 23.2. The Balaban J connectivity index is 1.95. The Bertz CT molecular complexity index is 965. The molecule has 1 unspecified atom stereocenters. The Kier molecular flexibility index (Phi) is 8.51. The number of carbonyl (C=O) groups excluding carboxylic acids is 1. The minimum Gasteiger partial charge on any atom is -0.491 e. The number of anilines is 1. The summed E-state index contributed by atoms with van der Waals surface area (Å²) < 4.78 is 31.7. The van der Waals surface area contributed by atoms with E-state index in [0.29, 0.717) is 12.2 Å².